The summed E-state index contributed by atoms with van der Waals surface area (Å²) in [6, 6.07) is 11.7. The molecule has 1 aliphatic rings. The van der Waals surface area contributed by atoms with Gasteiger partial charge in [-0.3, -0.25) is 0 Å². The number of aromatic nitrogens is 1. The molecule has 1 atom stereocenters. The van der Waals surface area contributed by atoms with Gasteiger partial charge in [-0.2, -0.15) is 9.57 Å². The first kappa shape index (κ1) is 17.2. The van der Waals surface area contributed by atoms with Gasteiger partial charge in [-0.25, -0.2) is 13.4 Å². The van der Waals surface area contributed by atoms with E-state index < -0.39 is 10.0 Å². The number of hydrogen-bond donors (Lipinski definition) is 0. The standard InChI is InChI=1S/C17H17N3O4S/c1-23-15-4-2-3-5-16(15)25(21,22)20-9-7-14(12-20)24-17-10-13(11-18)6-8-19-17/h2-6,8,10,14H,7,9,12H2,1H3. The lowest BCUT2D eigenvalue weighted by Gasteiger charge is -2.18. The maximum Gasteiger partial charge on any atom is 0.246 e. The van der Waals surface area contributed by atoms with Gasteiger partial charge in [0.2, 0.25) is 15.9 Å². The highest BCUT2D eigenvalue weighted by molar-refractivity contribution is 7.89. The lowest BCUT2D eigenvalue weighted by atomic mass is 10.3. The van der Waals surface area contributed by atoms with E-state index in [1.54, 1.807) is 24.3 Å². The lowest BCUT2D eigenvalue weighted by Crippen LogP contribution is -2.31. The average Bonchev–Trinajstić information content (AvgIpc) is 3.11. The molecule has 0 bridgehead atoms. The predicted octanol–water partition coefficient (Wildman–Crippen LogP) is 1.80. The Bertz CT molecular complexity index is 908. The summed E-state index contributed by atoms with van der Waals surface area (Å²) < 4.78 is 38.0. The summed E-state index contributed by atoms with van der Waals surface area (Å²) in [6.07, 6.45) is 1.73. The van der Waals surface area contributed by atoms with E-state index in [0.717, 1.165) is 0 Å². The fraction of sp³-hybridized carbons (Fsp3) is 0.294. The Balaban J connectivity index is 1.75. The van der Waals surface area contributed by atoms with Crippen LogP contribution in [0, 0.1) is 11.3 Å². The van der Waals surface area contributed by atoms with Gasteiger partial charge < -0.3 is 9.47 Å². The lowest BCUT2D eigenvalue weighted by molar-refractivity contribution is 0.207. The highest BCUT2D eigenvalue weighted by Gasteiger charge is 2.35. The van der Waals surface area contributed by atoms with Gasteiger partial charge in [-0.15, -0.1) is 0 Å². The van der Waals surface area contributed by atoms with Crippen LogP contribution < -0.4 is 9.47 Å². The SMILES string of the molecule is COc1ccccc1S(=O)(=O)N1CCC(Oc2cc(C#N)ccn2)C1. The van der Waals surface area contributed by atoms with E-state index in [2.05, 4.69) is 4.98 Å². The molecule has 2 aromatic rings. The topological polar surface area (TPSA) is 92.5 Å². The van der Waals surface area contributed by atoms with Crippen molar-refractivity contribution in [3.63, 3.8) is 0 Å². The van der Waals surface area contributed by atoms with E-state index in [9.17, 15) is 8.42 Å². The summed E-state index contributed by atoms with van der Waals surface area (Å²) in [6.45, 7) is 0.571. The Kier molecular flexibility index (Phi) is 4.88. The second kappa shape index (κ2) is 7.09. The molecule has 2 heterocycles. The first-order chi connectivity index (χ1) is 12.0. The maximum absolute atomic E-state index is 12.8. The van der Waals surface area contributed by atoms with Crippen molar-refractivity contribution in [2.75, 3.05) is 20.2 Å². The van der Waals surface area contributed by atoms with Crippen molar-refractivity contribution in [1.82, 2.24) is 9.29 Å². The molecule has 3 rings (SSSR count). The normalized spacial score (nSPS) is 17.8. The number of benzene rings is 1. The first-order valence-corrected chi connectivity index (χ1v) is 9.14. The Morgan fingerprint density at radius 2 is 2.12 bits per heavy atom. The molecule has 25 heavy (non-hydrogen) atoms. The van der Waals surface area contributed by atoms with Crippen molar-refractivity contribution < 1.29 is 17.9 Å². The second-order valence-electron chi connectivity index (χ2n) is 5.54. The van der Waals surface area contributed by atoms with Gasteiger partial charge in [0.1, 0.15) is 16.7 Å². The minimum absolute atomic E-state index is 0.141. The minimum atomic E-state index is -3.66. The van der Waals surface area contributed by atoms with Crippen molar-refractivity contribution in [2.24, 2.45) is 0 Å². The number of sulfonamides is 1. The Hall–Kier alpha value is -2.63. The number of methoxy groups -OCH3 is 1. The number of para-hydroxylation sites is 1. The van der Waals surface area contributed by atoms with Gasteiger partial charge in [0.25, 0.3) is 0 Å². The molecule has 1 unspecified atom stereocenters. The van der Waals surface area contributed by atoms with Crippen LogP contribution in [0.15, 0.2) is 47.5 Å². The van der Waals surface area contributed by atoms with E-state index in [0.29, 0.717) is 30.2 Å². The number of pyridine rings is 1. The van der Waals surface area contributed by atoms with E-state index in [-0.39, 0.29) is 17.5 Å². The van der Waals surface area contributed by atoms with Gasteiger partial charge in [0.05, 0.1) is 25.3 Å². The van der Waals surface area contributed by atoms with Gasteiger partial charge in [0.15, 0.2) is 0 Å². The van der Waals surface area contributed by atoms with Crippen molar-refractivity contribution in [3.05, 3.63) is 48.2 Å². The van der Waals surface area contributed by atoms with Crippen molar-refractivity contribution in [1.29, 1.82) is 5.26 Å². The summed E-state index contributed by atoms with van der Waals surface area (Å²) in [7, 11) is -2.22. The Morgan fingerprint density at radius 1 is 1.32 bits per heavy atom. The number of nitrogens with zero attached hydrogens (tertiary/aromatic N) is 3. The molecule has 0 radical (unpaired) electrons. The van der Waals surface area contributed by atoms with E-state index in [4.69, 9.17) is 14.7 Å². The second-order valence-corrected chi connectivity index (χ2v) is 7.44. The van der Waals surface area contributed by atoms with Crippen LogP contribution in [-0.4, -0.2) is 44.0 Å². The van der Waals surface area contributed by atoms with Crippen LogP contribution in [0.2, 0.25) is 0 Å². The molecule has 0 amide bonds. The van der Waals surface area contributed by atoms with Crippen LogP contribution in [0.3, 0.4) is 0 Å². The van der Waals surface area contributed by atoms with Crippen molar-refractivity contribution >= 4 is 10.0 Å². The Morgan fingerprint density at radius 3 is 2.88 bits per heavy atom. The summed E-state index contributed by atoms with van der Waals surface area (Å²) in [4.78, 5) is 4.20. The molecule has 0 spiro atoms. The molecule has 1 fully saturated rings. The zero-order valence-corrected chi connectivity index (χ0v) is 14.4. The number of hydrogen-bond acceptors (Lipinski definition) is 6. The molecular formula is C17H17N3O4S. The van der Waals surface area contributed by atoms with Crippen LogP contribution in [0.25, 0.3) is 0 Å². The van der Waals surface area contributed by atoms with Crippen molar-refractivity contribution in [3.8, 4) is 17.7 Å². The van der Waals surface area contributed by atoms with Crippen LogP contribution in [-0.2, 0) is 10.0 Å². The molecular weight excluding hydrogens is 342 g/mol. The number of nitriles is 1. The zero-order valence-electron chi connectivity index (χ0n) is 13.6. The van der Waals surface area contributed by atoms with E-state index in [1.807, 2.05) is 6.07 Å². The molecule has 1 aliphatic heterocycles. The van der Waals surface area contributed by atoms with Gasteiger partial charge in [0, 0.05) is 18.8 Å². The zero-order chi connectivity index (χ0) is 17.9. The van der Waals surface area contributed by atoms with Crippen LogP contribution in [0.5, 0.6) is 11.6 Å². The molecule has 0 saturated carbocycles. The summed E-state index contributed by atoms with van der Waals surface area (Å²) in [5.41, 5.74) is 0.446. The smallest absolute Gasteiger partial charge is 0.246 e. The predicted molar refractivity (Wildman–Crippen MR) is 89.7 cm³/mol. The van der Waals surface area contributed by atoms with Crippen LogP contribution >= 0.6 is 0 Å². The number of rotatable bonds is 5. The molecule has 7 nitrogen and oxygen atoms in total. The Labute approximate surface area is 146 Å². The molecule has 130 valence electrons. The molecule has 0 aliphatic carbocycles. The largest absolute Gasteiger partial charge is 0.495 e. The van der Waals surface area contributed by atoms with Crippen LogP contribution in [0.1, 0.15) is 12.0 Å². The number of ether oxygens (including phenoxy) is 2. The highest BCUT2D eigenvalue weighted by Crippen LogP contribution is 2.29. The van der Waals surface area contributed by atoms with Gasteiger partial charge >= 0.3 is 0 Å². The van der Waals surface area contributed by atoms with Gasteiger partial charge in [-0.05, 0) is 24.6 Å². The quantitative estimate of drug-likeness (QED) is 0.808. The third kappa shape index (κ3) is 3.57. The molecule has 0 N–H and O–H groups in total. The van der Waals surface area contributed by atoms with Gasteiger partial charge in [-0.1, -0.05) is 12.1 Å². The maximum atomic E-state index is 12.8. The summed E-state index contributed by atoms with van der Waals surface area (Å²) >= 11 is 0. The van der Waals surface area contributed by atoms with Crippen molar-refractivity contribution in [2.45, 2.75) is 17.4 Å². The van der Waals surface area contributed by atoms with E-state index in [1.165, 1.54) is 29.7 Å². The molecule has 8 heteroatoms. The molecule has 1 aromatic heterocycles. The van der Waals surface area contributed by atoms with E-state index >= 15 is 0 Å². The fourth-order valence-corrected chi connectivity index (χ4v) is 4.34. The monoisotopic (exact) mass is 359 g/mol. The molecule has 1 aromatic carbocycles. The van der Waals surface area contributed by atoms with Crippen LogP contribution in [0.4, 0.5) is 0 Å². The highest BCUT2D eigenvalue weighted by atomic mass is 32.2. The third-order valence-corrected chi connectivity index (χ3v) is 5.85. The molecule has 1 saturated heterocycles. The first-order valence-electron chi connectivity index (χ1n) is 7.70. The summed E-state index contributed by atoms with van der Waals surface area (Å²) in [5, 5.41) is 8.91. The summed E-state index contributed by atoms with van der Waals surface area (Å²) in [5.74, 6) is 0.635. The average molecular weight is 359 g/mol. The fourth-order valence-electron chi connectivity index (χ4n) is 2.70. The minimum Gasteiger partial charge on any atom is -0.495 e. The third-order valence-electron chi connectivity index (χ3n) is 3.95.